The molecule has 0 aromatic rings. The molecule has 0 aromatic carbocycles. The molecule has 2 aliphatic heterocycles. The highest BCUT2D eigenvalue weighted by Gasteiger charge is 2.38. The van der Waals surface area contributed by atoms with Crippen LogP contribution in [0.5, 0.6) is 0 Å². The summed E-state index contributed by atoms with van der Waals surface area (Å²) in [6.07, 6.45) is 0.392. The summed E-state index contributed by atoms with van der Waals surface area (Å²) in [5, 5.41) is 12.0. The van der Waals surface area contributed by atoms with Gasteiger partial charge in [0.2, 0.25) is 5.91 Å². The fourth-order valence-electron chi connectivity index (χ4n) is 2.31. The van der Waals surface area contributed by atoms with Gasteiger partial charge in [-0.15, -0.1) is 0 Å². The van der Waals surface area contributed by atoms with Crippen molar-refractivity contribution in [2.75, 3.05) is 31.1 Å². The standard InChI is InChI=1S/C10H15N3O3S/c11-5-9-6-12-2-3-13(9)10(14)8-1-4-17(15,16)7-8/h8-9,12H,1-4,6-7H2. The van der Waals surface area contributed by atoms with Crippen LogP contribution in [-0.2, 0) is 14.6 Å². The Hall–Kier alpha value is -1.13. The highest BCUT2D eigenvalue weighted by atomic mass is 32.2. The van der Waals surface area contributed by atoms with E-state index in [-0.39, 0.29) is 17.4 Å². The van der Waals surface area contributed by atoms with E-state index in [4.69, 9.17) is 5.26 Å². The molecule has 0 aliphatic carbocycles. The van der Waals surface area contributed by atoms with Crippen LogP contribution in [0, 0.1) is 17.2 Å². The third-order valence-corrected chi connectivity index (χ3v) is 5.03. The number of hydrogen-bond donors (Lipinski definition) is 1. The molecule has 2 atom stereocenters. The van der Waals surface area contributed by atoms with Crippen LogP contribution in [0.25, 0.3) is 0 Å². The summed E-state index contributed by atoms with van der Waals surface area (Å²) in [5.74, 6) is -0.603. The normalized spacial score (nSPS) is 32.1. The van der Waals surface area contributed by atoms with E-state index in [1.54, 1.807) is 0 Å². The van der Waals surface area contributed by atoms with Crippen LogP contribution >= 0.6 is 0 Å². The quantitative estimate of drug-likeness (QED) is 0.633. The van der Waals surface area contributed by atoms with Crippen LogP contribution in [0.1, 0.15) is 6.42 Å². The minimum atomic E-state index is -3.05. The molecule has 0 aromatic heterocycles. The molecule has 7 heteroatoms. The maximum absolute atomic E-state index is 12.1. The number of nitriles is 1. The van der Waals surface area contributed by atoms with Crippen molar-refractivity contribution < 1.29 is 13.2 Å². The number of hydrogen-bond acceptors (Lipinski definition) is 5. The minimum absolute atomic E-state index is 0.0616. The van der Waals surface area contributed by atoms with Crippen molar-refractivity contribution in [1.29, 1.82) is 5.26 Å². The number of nitrogens with one attached hydrogen (secondary N) is 1. The average Bonchev–Trinajstić information content (AvgIpc) is 2.68. The molecule has 1 N–H and O–H groups in total. The molecule has 0 radical (unpaired) electrons. The minimum Gasteiger partial charge on any atom is -0.324 e. The van der Waals surface area contributed by atoms with Crippen LogP contribution in [0.2, 0.25) is 0 Å². The molecule has 2 rings (SSSR count). The van der Waals surface area contributed by atoms with Crippen molar-refractivity contribution in [2.24, 2.45) is 5.92 Å². The molecule has 17 heavy (non-hydrogen) atoms. The smallest absolute Gasteiger partial charge is 0.227 e. The fourth-order valence-corrected chi connectivity index (χ4v) is 4.04. The lowest BCUT2D eigenvalue weighted by atomic mass is 10.1. The highest BCUT2D eigenvalue weighted by molar-refractivity contribution is 7.91. The molecule has 2 aliphatic rings. The van der Waals surface area contributed by atoms with Crippen LogP contribution in [0.3, 0.4) is 0 Å². The molecule has 0 spiro atoms. The number of amides is 1. The van der Waals surface area contributed by atoms with E-state index < -0.39 is 21.8 Å². The summed E-state index contributed by atoms with van der Waals surface area (Å²) < 4.78 is 22.7. The Morgan fingerprint density at radius 2 is 2.24 bits per heavy atom. The van der Waals surface area contributed by atoms with E-state index >= 15 is 0 Å². The van der Waals surface area contributed by atoms with Crippen LogP contribution in [0.4, 0.5) is 0 Å². The van der Waals surface area contributed by atoms with Gasteiger partial charge in [-0.3, -0.25) is 4.79 Å². The Labute approximate surface area is 101 Å². The molecule has 0 saturated carbocycles. The van der Waals surface area contributed by atoms with Gasteiger partial charge in [0.05, 0.1) is 23.5 Å². The molecule has 0 bridgehead atoms. The van der Waals surface area contributed by atoms with Gasteiger partial charge in [0.15, 0.2) is 9.84 Å². The zero-order valence-electron chi connectivity index (χ0n) is 9.42. The zero-order valence-corrected chi connectivity index (χ0v) is 10.2. The second-order valence-corrected chi connectivity index (χ2v) is 6.71. The Balaban J connectivity index is 2.07. The first-order valence-electron chi connectivity index (χ1n) is 5.65. The van der Waals surface area contributed by atoms with Crippen molar-refractivity contribution in [3.05, 3.63) is 0 Å². The summed E-state index contributed by atoms with van der Waals surface area (Å²) >= 11 is 0. The summed E-state index contributed by atoms with van der Waals surface area (Å²) in [4.78, 5) is 13.7. The molecular formula is C10H15N3O3S. The lowest BCUT2D eigenvalue weighted by molar-refractivity contribution is -0.136. The van der Waals surface area contributed by atoms with E-state index in [0.717, 1.165) is 0 Å². The molecule has 1 amide bonds. The highest BCUT2D eigenvalue weighted by Crippen LogP contribution is 2.22. The second kappa shape index (κ2) is 4.63. The Morgan fingerprint density at radius 1 is 1.47 bits per heavy atom. The van der Waals surface area contributed by atoms with Crippen molar-refractivity contribution in [3.8, 4) is 6.07 Å². The molecule has 94 valence electrons. The number of rotatable bonds is 1. The van der Waals surface area contributed by atoms with E-state index in [9.17, 15) is 13.2 Å². The fraction of sp³-hybridized carbons (Fsp3) is 0.800. The topological polar surface area (TPSA) is 90.3 Å². The largest absolute Gasteiger partial charge is 0.324 e. The first kappa shape index (κ1) is 12.3. The average molecular weight is 257 g/mol. The van der Waals surface area contributed by atoms with Gasteiger partial charge in [-0.05, 0) is 6.42 Å². The number of carbonyl (C=O) groups is 1. The second-order valence-electron chi connectivity index (χ2n) is 4.48. The number of piperazine rings is 1. The molecular weight excluding hydrogens is 242 g/mol. The van der Waals surface area contributed by atoms with Crippen molar-refractivity contribution >= 4 is 15.7 Å². The van der Waals surface area contributed by atoms with Crippen molar-refractivity contribution in [1.82, 2.24) is 10.2 Å². The van der Waals surface area contributed by atoms with Crippen LogP contribution in [0.15, 0.2) is 0 Å². The number of carbonyl (C=O) groups excluding carboxylic acids is 1. The van der Waals surface area contributed by atoms with E-state index in [2.05, 4.69) is 11.4 Å². The summed E-state index contributed by atoms with van der Waals surface area (Å²) in [6.45, 7) is 1.60. The third kappa shape index (κ3) is 2.58. The lowest BCUT2D eigenvalue weighted by Gasteiger charge is -2.33. The van der Waals surface area contributed by atoms with Gasteiger partial charge >= 0.3 is 0 Å². The van der Waals surface area contributed by atoms with Gasteiger partial charge in [0, 0.05) is 19.6 Å². The predicted molar refractivity (Wildman–Crippen MR) is 60.7 cm³/mol. The van der Waals surface area contributed by atoms with Crippen LogP contribution < -0.4 is 5.32 Å². The van der Waals surface area contributed by atoms with Gasteiger partial charge in [-0.2, -0.15) is 5.26 Å². The monoisotopic (exact) mass is 257 g/mol. The Morgan fingerprint density at radius 3 is 2.82 bits per heavy atom. The Kier molecular flexibility index (Phi) is 3.35. The van der Waals surface area contributed by atoms with Gasteiger partial charge in [-0.1, -0.05) is 0 Å². The van der Waals surface area contributed by atoms with E-state index in [1.807, 2.05) is 0 Å². The van der Waals surface area contributed by atoms with E-state index in [1.165, 1.54) is 4.90 Å². The molecule has 2 heterocycles. The summed E-state index contributed by atoms with van der Waals surface area (Å²) in [6, 6.07) is 1.60. The maximum Gasteiger partial charge on any atom is 0.227 e. The SMILES string of the molecule is N#CC1CNCCN1C(=O)C1CCS(=O)(=O)C1. The van der Waals surface area contributed by atoms with Gasteiger partial charge in [-0.25, -0.2) is 8.42 Å². The van der Waals surface area contributed by atoms with Gasteiger partial charge in [0.1, 0.15) is 6.04 Å². The lowest BCUT2D eigenvalue weighted by Crippen LogP contribution is -2.54. The molecule has 6 nitrogen and oxygen atoms in total. The zero-order chi connectivity index (χ0) is 12.5. The Bertz CT molecular complexity index is 454. The summed E-state index contributed by atoms with van der Waals surface area (Å²) in [5.41, 5.74) is 0. The maximum atomic E-state index is 12.1. The first-order valence-corrected chi connectivity index (χ1v) is 7.47. The van der Waals surface area contributed by atoms with Crippen molar-refractivity contribution in [2.45, 2.75) is 12.5 Å². The van der Waals surface area contributed by atoms with Crippen LogP contribution in [-0.4, -0.2) is 56.4 Å². The number of nitrogens with zero attached hydrogens (tertiary/aromatic N) is 2. The summed E-state index contributed by atoms with van der Waals surface area (Å²) in [7, 11) is -3.05. The first-order chi connectivity index (χ1) is 8.03. The molecule has 2 saturated heterocycles. The third-order valence-electron chi connectivity index (χ3n) is 3.26. The van der Waals surface area contributed by atoms with E-state index in [0.29, 0.717) is 26.1 Å². The van der Waals surface area contributed by atoms with Gasteiger partial charge in [0.25, 0.3) is 0 Å². The van der Waals surface area contributed by atoms with Crippen molar-refractivity contribution in [3.63, 3.8) is 0 Å². The number of sulfone groups is 1. The molecule has 2 fully saturated rings. The van der Waals surface area contributed by atoms with Gasteiger partial charge < -0.3 is 10.2 Å². The molecule has 2 unspecified atom stereocenters. The predicted octanol–water partition coefficient (Wildman–Crippen LogP) is -1.25.